The molecule has 0 spiro atoms. The molecule has 0 amide bonds. The molecule has 0 unspecified atom stereocenters. The van der Waals surface area contributed by atoms with Crippen molar-refractivity contribution in [2.24, 2.45) is 5.92 Å². The highest BCUT2D eigenvalue weighted by molar-refractivity contribution is 7.07. The number of likely N-dealkylation sites (tertiary alicyclic amines) is 1. The van der Waals surface area contributed by atoms with E-state index in [1.807, 2.05) is 5.38 Å². The Morgan fingerprint density at radius 1 is 1.50 bits per heavy atom. The molecular weight excluding hydrogens is 246 g/mol. The fourth-order valence-electron chi connectivity index (χ4n) is 2.49. The van der Waals surface area contributed by atoms with Gasteiger partial charge in [0, 0.05) is 30.2 Å². The van der Waals surface area contributed by atoms with Crippen LogP contribution in [0.3, 0.4) is 0 Å². The average molecular weight is 269 g/mol. The molecule has 1 saturated heterocycles. The van der Waals surface area contributed by atoms with E-state index in [-0.39, 0.29) is 4.87 Å². The lowest BCUT2D eigenvalue weighted by molar-refractivity contribution is 0.179. The van der Waals surface area contributed by atoms with Gasteiger partial charge in [0.05, 0.1) is 0 Å². The average Bonchev–Trinajstić information content (AvgIpc) is 2.74. The molecule has 0 aromatic carbocycles. The first-order valence-corrected chi connectivity index (χ1v) is 7.64. The number of aromatic amines is 1. The van der Waals surface area contributed by atoms with Crippen LogP contribution in [0.1, 0.15) is 32.4 Å². The van der Waals surface area contributed by atoms with E-state index in [0.29, 0.717) is 6.04 Å². The predicted octanol–water partition coefficient (Wildman–Crippen LogP) is 1.65. The quantitative estimate of drug-likeness (QED) is 0.854. The Hall–Kier alpha value is -0.650. The first-order chi connectivity index (χ1) is 8.63. The van der Waals surface area contributed by atoms with Crippen LogP contribution in [-0.2, 0) is 6.54 Å². The topological polar surface area (TPSA) is 48.1 Å². The maximum atomic E-state index is 11.0. The van der Waals surface area contributed by atoms with Crippen LogP contribution in [0.4, 0.5) is 0 Å². The van der Waals surface area contributed by atoms with Crippen LogP contribution in [0, 0.1) is 5.92 Å². The zero-order valence-electron chi connectivity index (χ0n) is 11.2. The van der Waals surface area contributed by atoms with Crippen molar-refractivity contribution in [2.45, 2.75) is 39.3 Å². The number of hydrogen-bond donors (Lipinski definition) is 2. The third-order valence-electron chi connectivity index (χ3n) is 3.36. The molecule has 0 radical (unpaired) electrons. The van der Waals surface area contributed by atoms with Gasteiger partial charge < -0.3 is 15.2 Å². The summed E-state index contributed by atoms with van der Waals surface area (Å²) in [6.07, 6.45) is 2.42. The van der Waals surface area contributed by atoms with Gasteiger partial charge in [-0.05, 0) is 31.8 Å². The SMILES string of the molecule is CC(C)CN1CCC(NCc2csc(=O)[nH]2)CC1. The van der Waals surface area contributed by atoms with Crippen LogP contribution >= 0.6 is 11.3 Å². The zero-order chi connectivity index (χ0) is 13.0. The van der Waals surface area contributed by atoms with Crippen LogP contribution in [0.25, 0.3) is 0 Å². The number of H-pyrrole nitrogens is 1. The molecule has 18 heavy (non-hydrogen) atoms. The van der Waals surface area contributed by atoms with Crippen molar-refractivity contribution in [3.63, 3.8) is 0 Å². The van der Waals surface area contributed by atoms with Gasteiger partial charge in [0.15, 0.2) is 0 Å². The molecule has 2 heterocycles. The number of aromatic nitrogens is 1. The zero-order valence-corrected chi connectivity index (χ0v) is 12.1. The molecule has 1 aliphatic rings. The van der Waals surface area contributed by atoms with Crippen molar-refractivity contribution in [1.29, 1.82) is 0 Å². The summed E-state index contributed by atoms with van der Waals surface area (Å²) in [6.45, 7) is 8.93. The summed E-state index contributed by atoms with van der Waals surface area (Å²) in [6, 6.07) is 0.594. The molecule has 1 aliphatic heterocycles. The fourth-order valence-corrected chi connectivity index (χ4v) is 3.07. The second-order valence-corrected chi connectivity index (χ2v) is 6.37. The van der Waals surface area contributed by atoms with Gasteiger partial charge in [-0.1, -0.05) is 25.2 Å². The van der Waals surface area contributed by atoms with E-state index in [0.717, 1.165) is 18.2 Å². The Labute approximate surface area is 112 Å². The molecule has 4 nitrogen and oxygen atoms in total. The lowest BCUT2D eigenvalue weighted by atomic mass is 10.0. The summed E-state index contributed by atoms with van der Waals surface area (Å²) >= 11 is 1.24. The standard InChI is InChI=1S/C13H23N3OS/c1-10(2)8-16-5-3-11(4-6-16)14-7-12-9-18-13(17)15-12/h9-11,14H,3-8H2,1-2H3,(H,15,17). The molecule has 1 aromatic rings. The molecule has 1 fully saturated rings. The van der Waals surface area contributed by atoms with Crippen molar-refractivity contribution in [1.82, 2.24) is 15.2 Å². The lowest BCUT2D eigenvalue weighted by Gasteiger charge is -2.33. The number of nitrogens with one attached hydrogen (secondary N) is 2. The van der Waals surface area contributed by atoms with Gasteiger partial charge in [0.2, 0.25) is 0 Å². The summed E-state index contributed by atoms with van der Waals surface area (Å²) in [4.78, 5) is 16.4. The Bertz CT molecular complexity index is 404. The Morgan fingerprint density at radius 2 is 2.22 bits per heavy atom. The largest absolute Gasteiger partial charge is 0.315 e. The van der Waals surface area contributed by atoms with Gasteiger partial charge in [-0.15, -0.1) is 0 Å². The Morgan fingerprint density at radius 3 is 2.78 bits per heavy atom. The maximum absolute atomic E-state index is 11.0. The van der Waals surface area contributed by atoms with Crippen LogP contribution in [0.5, 0.6) is 0 Å². The third kappa shape index (κ3) is 4.23. The van der Waals surface area contributed by atoms with Crippen molar-refractivity contribution < 1.29 is 0 Å². The first-order valence-electron chi connectivity index (χ1n) is 6.76. The monoisotopic (exact) mass is 269 g/mol. The molecule has 5 heteroatoms. The first kappa shape index (κ1) is 13.8. The molecule has 0 atom stereocenters. The van der Waals surface area contributed by atoms with Gasteiger partial charge in [-0.3, -0.25) is 4.79 Å². The molecular formula is C13H23N3OS. The van der Waals surface area contributed by atoms with Gasteiger partial charge in [-0.25, -0.2) is 0 Å². The number of rotatable bonds is 5. The second-order valence-electron chi connectivity index (χ2n) is 5.52. The number of piperidine rings is 1. The summed E-state index contributed by atoms with van der Waals surface area (Å²) in [5.74, 6) is 0.755. The number of hydrogen-bond acceptors (Lipinski definition) is 4. The van der Waals surface area contributed by atoms with Crippen LogP contribution in [0.2, 0.25) is 0 Å². The Kier molecular flexibility index (Phi) is 4.97. The molecule has 1 aromatic heterocycles. The molecule has 0 saturated carbocycles. The second kappa shape index (κ2) is 6.50. The highest BCUT2D eigenvalue weighted by atomic mass is 32.1. The summed E-state index contributed by atoms with van der Waals surface area (Å²) in [5.41, 5.74) is 1.01. The highest BCUT2D eigenvalue weighted by Gasteiger charge is 2.19. The van der Waals surface area contributed by atoms with E-state index in [2.05, 4.69) is 29.0 Å². The molecule has 102 valence electrons. The van der Waals surface area contributed by atoms with E-state index < -0.39 is 0 Å². The highest BCUT2D eigenvalue weighted by Crippen LogP contribution is 2.12. The lowest BCUT2D eigenvalue weighted by Crippen LogP contribution is -2.43. The van der Waals surface area contributed by atoms with Crippen molar-refractivity contribution in [3.05, 3.63) is 20.7 Å². The normalized spacial score (nSPS) is 18.6. The van der Waals surface area contributed by atoms with Gasteiger partial charge in [0.1, 0.15) is 0 Å². The molecule has 0 aliphatic carbocycles. The minimum Gasteiger partial charge on any atom is -0.315 e. The summed E-state index contributed by atoms with van der Waals surface area (Å²) < 4.78 is 0. The van der Waals surface area contributed by atoms with Crippen molar-refractivity contribution >= 4 is 11.3 Å². The van der Waals surface area contributed by atoms with E-state index in [4.69, 9.17) is 0 Å². The molecule has 2 N–H and O–H groups in total. The van der Waals surface area contributed by atoms with Crippen molar-refractivity contribution in [3.8, 4) is 0 Å². The minimum absolute atomic E-state index is 0.0403. The molecule has 0 bridgehead atoms. The van der Waals surface area contributed by atoms with Crippen molar-refractivity contribution in [2.75, 3.05) is 19.6 Å². The summed E-state index contributed by atoms with van der Waals surface area (Å²) in [5, 5.41) is 5.44. The van der Waals surface area contributed by atoms with Gasteiger partial charge in [0.25, 0.3) is 0 Å². The predicted molar refractivity (Wildman–Crippen MR) is 76.1 cm³/mol. The fraction of sp³-hybridized carbons (Fsp3) is 0.769. The van der Waals surface area contributed by atoms with Gasteiger partial charge >= 0.3 is 4.87 Å². The smallest absolute Gasteiger partial charge is 0.304 e. The van der Waals surface area contributed by atoms with E-state index in [1.165, 1.54) is 43.8 Å². The van der Waals surface area contributed by atoms with Crippen LogP contribution in [-0.4, -0.2) is 35.6 Å². The van der Waals surface area contributed by atoms with Crippen LogP contribution in [0.15, 0.2) is 10.2 Å². The minimum atomic E-state index is 0.0403. The number of nitrogens with zero attached hydrogens (tertiary/aromatic N) is 1. The van der Waals surface area contributed by atoms with E-state index in [9.17, 15) is 4.79 Å². The molecule has 2 rings (SSSR count). The van der Waals surface area contributed by atoms with Gasteiger partial charge in [-0.2, -0.15) is 0 Å². The maximum Gasteiger partial charge on any atom is 0.304 e. The number of thiazole rings is 1. The Balaban J connectivity index is 1.69. The van der Waals surface area contributed by atoms with Crippen LogP contribution < -0.4 is 10.2 Å². The van der Waals surface area contributed by atoms with E-state index in [1.54, 1.807) is 0 Å². The third-order valence-corrected chi connectivity index (χ3v) is 4.08. The van der Waals surface area contributed by atoms with E-state index >= 15 is 0 Å². The summed E-state index contributed by atoms with van der Waals surface area (Å²) in [7, 11) is 0.